The normalized spacial score (nSPS) is 12.9. The first-order valence-electron chi connectivity index (χ1n) is 6.81. The molecule has 0 radical (unpaired) electrons. The highest BCUT2D eigenvalue weighted by Gasteiger charge is 2.21. The van der Waals surface area contributed by atoms with E-state index in [1.165, 1.54) is 6.07 Å². The summed E-state index contributed by atoms with van der Waals surface area (Å²) in [6, 6.07) is 7.58. The fourth-order valence-electron chi connectivity index (χ4n) is 1.98. The van der Waals surface area contributed by atoms with Crippen molar-refractivity contribution in [1.82, 2.24) is 10.5 Å². The number of hydrogen-bond acceptors (Lipinski definition) is 5. The number of nitrogens with one attached hydrogen (secondary N) is 1. The van der Waals surface area contributed by atoms with Crippen molar-refractivity contribution in [2.45, 2.75) is 31.7 Å². The zero-order valence-electron chi connectivity index (χ0n) is 12.7. The van der Waals surface area contributed by atoms with Gasteiger partial charge in [-0.15, -0.1) is 0 Å². The van der Waals surface area contributed by atoms with E-state index >= 15 is 0 Å². The number of hydrogen-bond donors (Lipinski definition) is 1. The van der Waals surface area contributed by atoms with Crippen LogP contribution in [0.1, 0.15) is 28.7 Å². The number of carbonyl (C=O) groups is 1. The third kappa shape index (κ3) is 3.94. The van der Waals surface area contributed by atoms with Gasteiger partial charge in [-0.05, 0) is 32.9 Å². The maximum atomic E-state index is 12.3. The van der Waals surface area contributed by atoms with Gasteiger partial charge in [0, 0.05) is 12.1 Å². The fourth-order valence-corrected chi connectivity index (χ4v) is 3.47. The van der Waals surface area contributed by atoms with Crippen LogP contribution >= 0.6 is 0 Å². The molecule has 1 atom stereocenters. The molecule has 1 N–H and O–H groups in total. The Bertz CT molecular complexity index is 763. The number of benzene rings is 1. The predicted molar refractivity (Wildman–Crippen MR) is 81.4 cm³/mol. The third-order valence-corrected chi connectivity index (χ3v) is 5.02. The van der Waals surface area contributed by atoms with Gasteiger partial charge in [-0.1, -0.05) is 22.9 Å². The van der Waals surface area contributed by atoms with Crippen LogP contribution in [0.25, 0.3) is 0 Å². The van der Waals surface area contributed by atoms with Gasteiger partial charge in [0.2, 0.25) is 0 Å². The van der Waals surface area contributed by atoms with Crippen LogP contribution in [0, 0.1) is 13.8 Å². The highest BCUT2D eigenvalue weighted by molar-refractivity contribution is 7.91. The first-order chi connectivity index (χ1) is 10.3. The molecule has 118 valence electrons. The molecule has 0 aliphatic heterocycles. The molecule has 0 spiro atoms. The first kappa shape index (κ1) is 16.2. The lowest BCUT2D eigenvalue weighted by Gasteiger charge is -2.13. The van der Waals surface area contributed by atoms with E-state index in [0.717, 1.165) is 5.56 Å². The Morgan fingerprint density at radius 3 is 2.45 bits per heavy atom. The van der Waals surface area contributed by atoms with Crippen LogP contribution in [-0.4, -0.2) is 31.3 Å². The van der Waals surface area contributed by atoms with Gasteiger partial charge < -0.3 is 9.84 Å². The number of carbonyl (C=O) groups excluding carboxylic acids is 1. The van der Waals surface area contributed by atoms with Crippen LogP contribution in [0.15, 0.2) is 39.8 Å². The van der Waals surface area contributed by atoms with Crippen molar-refractivity contribution in [2.24, 2.45) is 0 Å². The molecule has 1 aromatic carbocycles. The minimum atomic E-state index is -3.46. The monoisotopic (exact) mass is 322 g/mol. The van der Waals surface area contributed by atoms with Crippen LogP contribution < -0.4 is 5.32 Å². The van der Waals surface area contributed by atoms with E-state index in [2.05, 4.69) is 10.5 Å². The van der Waals surface area contributed by atoms with Crippen molar-refractivity contribution < 1.29 is 17.7 Å². The van der Waals surface area contributed by atoms with Gasteiger partial charge >= 0.3 is 0 Å². The largest absolute Gasteiger partial charge is 0.361 e. The van der Waals surface area contributed by atoms with Crippen molar-refractivity contribution in [3.05, 3.63) is 47.3 Å². The van der Waals surface area contributed by atoms with E-state index in [4.69, 9.17) is 4.52 Å². The van der Waals surface area contributed by atoms with Gasteiger partial charge in [-0.3, -0.25) is 4.79 Å². The predicted octanol–water partition coefficient (Wildman–Crippen LogP) is 1.88. The molecule has 1 amide bonds. The summed E-state index contributed by atoms with van der Waals surface area (Å²) in [7, 11) is -3.46. The maximum Gasteiger partial charge on any atom is 0.273 e. The summed E-state index contributed by atoms with van der Waals surface area (Å²) in [4.78, 5) is 12.2. The zero-order valence-corrected chi connectivity index (χ0v) is 13.5. The Morgan fingerprint density at radius 2 is 1.91 bits per heavy atom. The van der Waals surface area contributed by atoms with E-state index in [0.29, 0.717) is 5.76 Å². The number of sulfone groups is 1. The van der Waals surface area contributed by atoms with Crippen LogP contribution in [-0.2, 0) is 9.84 Å². The molecule has 0 bridgehead atoms. The van der Waals surface area contributed by atoms with Gasteiger partial charge in [-0.25, -0.2) is 8.42 Å². The smallest absolute Gasteiger partial charge is 0.273 e. The lowest BCUT2D eigenvalue weighted by Crippen LogP contribution is -2.37. The molecule has 0 fully saturated rings. The van der Waals surface area contributed by atoms with Crippen LogP contribution in [0.3, 0.4) is 0 Å². The quantitative estimate of drug-likeness (QED) is 0.908. The average Bonchev–Trinajstić information content (AvgIpc) is 2.85. The topological polar surface area (TPSA) is 89.3 Å². The molecule has 0 saturated heterocycles. The van der Waals surface area contributed by atoms with E-state index in [1.807, 2.05) is 6.92 Å². The molecule has 1 heterocycles. The minimum absolute atomic E-state index is 0.136. The van der Waals surface area contributed by atoms with Crippen molar-refractivity contribution in [3.63, 3.8) is 0 Å². The molecule has 2 aromatic rings. The van der Waals surface area contributed by atoms with Gasteiger partial charge in [0.25, 0.3) is 5.91 Å². The average molecular weight is 322 g/mol. The molecule has 2 rings (SSSR count). The molecule has 7 heteroatoms. The Kier molecular flexibility index (Phi) is 4.65. The van der Waals surface area contributed by atoms with Gasteiger partial charge in [0.1, 0.15) is 5.76 Å². The van der Waals surface area contributed by atoms with Crippen molar-refractivity contribution >= 4 is 15.7 Å². The summed E-state index contributed by atoms with van der Waals surface area (Å²) in [5, 5.41) is 6.20. The van der Waals surface area contributed by atoms with Crippen molar-refractivity contribution in [2.75, 3.05) is 5.75 Å². The second-order valence-electron chi connectivity index (χ2n) is 5.29. The molecule has 22 heavy (non-hydrogen) atoms. The molecule has 1 aromatic heterocycles. The standard InChI is InChI=1S/C15H18N2O4S/c1-10-4-6-13(7-5-10)22(19,20)9-11(2)16-15(18)14-8-12(3)21-17-14/h4-8,11H,9H2,1-3H3,(H,16,18)/t11-/m0/s1. The summed E-state index contributed by atoms with van der Waals surface area (Å²) in [5.74, 6) is -0.118. The van der Waals surface area contributed by atoms with Crippen LogP contribution in [0.5, 0.6) is 0 Å². The molecule has 0 aliphatic rings. The molecular weight excluding hydrogens is 304 g/mol. The van der Waals surface area contributed by atoms with Crippen LogP contribution in [0.4, 0.5) is 0 Å². The van der Waals surface area contributed by atoms with Gasteiger partial charge in [0.15, 0.2) is 15.5 Å². The Hall–Kier alpha value is -2.15. The summed E-state index contributed by atoms with van der Waals surface area (Å²) < 4.78 is 29.4. The van der Waals surface area contributed by atoms with Crippen molar-refractivity contribution in [1.29, 1.82) is 0 Å². The number of rotatable bonds is 5. The van der Waals surface area contributed by atoms with E-state index in [9.17, 15) is 13.2 Å². The highest BCUT2D eigenvalue weighted by Crippen LogP contribution is 2.13. The number of nitrogens with zero attached hydrogens (tertiary/aromatic N) is 1. The Morgan fingerprint density at radius 1 is 1.27 bits per heavy atom. The van der Waals surface area contributed by atoms with E-state index < -0.39 is 21.8 Å². The third-order valence-electron chi connectivity index (χ3n) is 3.09. The molecule has 6 nitrogen and oxygen atoms in total. The molecule has 0 unspecified atom stereocenters. The molecular formula is C15H18N2O4S. The second kappa shape index (κ2) is 6.31. The van der Waals surface area contributed by atoms with Gasteiger partial charge in [0.05, 0.1) is 10.6 Å². The number of amides is 1. The van der Waals surface area contributed by atoms with Crippen molar-refractivity contribution in [3.8, 4) is 0 Å². The summed E-state index contributed by atoms with van der Waals surface area (Å²) >= 11 is 0. The number of aryl methyl sites for hydroxylation is 2. The highest BCUT2D eigenvalue weighted by atomic mass is 32.2. The first-order valence-corrected chi connectivity index (χ1v) is 8.47. The SMILES string of the molecule is Cc1ccc(S(=O)(=O)C[C@H](C)NC(=O)c2cc(C)on2)cc1. The van der Waals surface area contributed by atoms with E-state index in [-0.39, 0.29) is 16.3 Å². The maximum absolute atomic E-state index is 12.3. The molecule has 0 aliphatic carbocycles. The Balaban J connectivity index is 2.03. The summed E-state index contributed by atoms with van der Waals surface area (Å²) in [6.07, 6.45) is 0. The van der Waals surface area contributed by atoms with Crippen LogP contribution in [0.2, 0.25) is 0 Å². The summed E-state index contributed by atoms with van der Waals surface area (Å²) in [5.41, 5.74) is 1.12. The number of aromatic nitrogens is 1. The zero-order chi connectivity index (χ0) is 16.3. The lowest BCUT2D eigenvalue weighted by atomic mass is 10.2. The lowest BCUT2D eigenvalue weighted by molar-refractivity contribution is 0.0934. The fraction of sp³-hybridized carbons (Fsp3) is 0.333. The van der Waals surface area contributed by atoms with E-state index in [1.54, 1.807) is 38.1 Å². The van der Waals surface area contributed by atoms with Gasteiger partial charge in [-0.2, -0.15) is 0 Å². The summed E-state index contributed by atoms with van der Waals surface area (Å²) in [6.45, 7) is 5.20. The second-order valence-corrected chi connectivity index (χ2v) is 7.33. The molecule has 0 saturated carbocycles. The minimum Gasteiger partial charge on any atom is -0.361 e. The Labute approximate surface area is 129 Å².